The lowest BCUT2D eigenvalue weighted by Crippen LogP contribution is -2.16. The van der Waals surface area contributed by atoms with Gasteiger partial charge in [0.05, 0.1) is 25.3 Å². The second-order valence-corrected chi connectivity index (χ2v) is 18.7. The molecule has 0 aliphatic heterocycles. The fraction of sp³-hybridized carbons (Fsp3) is 0.333. The predicted molar refractivity (Wildman–Crippen MR) is 289 cm³/mol. The molecule has 0 spiro atoms. The highest BCUT2D eigenvalue weighted by atomic mass is 16.6. The van der Waals surface area contributed by atoms with E-state index in [-0.39, 0.29) is 64.5 Å². The molecule has 0 saturated carbocycles. The Morgan fingerprint density at radius 1 is 0.387 bits per heavy atom. The van der Waals surface area contributed by atoms with Crippen molar-refractivity contribution < 1.29 is 57.2 Å². The lowest BCUT2D eigenvalue weighted by atomic mass is 10.00. The van der Waals surface area contributed by atoms with Crippen LogP contribution in [-0.2, 0) is 9.59 Å². The Kier molecular flexibility index (Phi) is 21.9. The minimum absolute atomic E-state index is 0.0175. The van der Waals surface area contributed by atoms with Crippen molar-refractivity contribution in [2.75, 3.05) is 14.2 Å². The van der Waals surface area contributed by atoms with Crippen LogP contribution in [0.5, 0.6) is 34.5 Å². The number of hydrogen-bond acceptors (Lipinski definition) is 12. The molecule has 392 valence electrons. The van der Waals surface area contributed by atoms with Gasteiger partial charge in [-0.05, 0) is 108 Å². The van der Waals surface area contributed by atoms with Crippen LogP contribution in [0.3, 0.4) is 0 Å². The number of esters is 4. The maximum Gasteiger partial charge on any atom is 0.343 e. The number of ketones is 2. The Labute approximate surface area is 440 Å². The molecule has 6 aromatic rings. The maximum atomic E-state index is 13.1. The molecule has 0 aliphatic rings. The van der Waals surface area contributed by atoms with E-state index in [9.17, 15) is 28.8 Å². The molecular weight excluding hydrogens is 949 g/mol. The van der Waals surface area contributed by atoms with E-state index in [1.165, 1.54) is 76.3 Å². The van der Waals surface area contributed by atoms with E-state index in [0.717, 1.165) is 60.8 Å². The lowest BCUT2D eigenvalue weighted by molar-refractivity contribution is -0.137. The molecule has 12 heteroatoms. The molecule has 6 rings (SSSR count). The van der Waals surface area contributed by atoms with E-state index in [1.54, 1.807) is 31.2 Å². The highest BCUT2D eigenvalue weighted by molar-refractivity contribution is 5.97. The van der Waals surface area contributed by atoms with Gasteiger partial charge in [-0.2, -0.15) is 0 Å². The minimum atomic E-state index is -0.636. The number of unbranched alkanes of at least 4 members (excludes halogenated alkanes) is 8. The molecule has 0 amide bonds. The fourth-order valence-corrected chi connectivity index (χ4v) is 8.37. The SMILES string of the molecule is CCCCCCCC(=O)c1ccc(-c2ccc(OC(=O)c3ccc(OC(=O)CC[C@@H](C)CC(=O)Oc4ccc(C(=O)Oc5ccc(-c6ccc(C(=O)CCCCCCC)cc6)cc5)cc4OC)c(OC)c3)cc2)cc1. The first-order valence-corrected chi connectivity index (χ1v) is 26.1. The molecular formula is C63H68O12. The molecule has 0 saturated heterocycles. The summed E-state index contributed by atoms with van der Waals surface area (Å²) in [7, 11) is 2.78. The number of ether oxygens (including phenoxy) is 6. The van der Waals surface area contributed by atoms with Gasteiger partial charge in [-0.3, -0.25) is 19.2 Å². The van der Waals surface area contributed by atoms with Crippen LogP contribution < -0.4 is 28.4 Å². The first-order valence-electron chi connectivity index (χ1n) is 26.1. The minimum Gasteiger partial charge on any atom is -0.493 e. The van der Waals surface area contributed by atoms with Crippen LogP contribution in [0.2, 0.25) is 0 Å². The molecule has 6 aromatic carbocycles. The third kappa shape index (κ3) is 17.4. The Bertz CT molecular complexity index is 2850. The van der Waals surface area contributed by atoms with Crippen molar-refractivity contribution in [1.82, 2.24) is 0 Å². The van der Waals surface area contributed by atoms with Gasteiger partial charge in [0, 0.05) is 36.8 Å². The van der Waals surface area contributed by atoms with Crippen LogP contribution in [0.25, 0.3) is 22.3 Å². The van der Waals surface area contributed by atoms with E-state index < -0.39 is 23.9 Å². The average Bonchev–Trinajstić information content (AvgIpc) is 3.43. The second-order valence-electron chi connectivity index (χ2n) is 18.7. The largest absolute Gasteiger partial charge is 0.493 e. The summed E-state index contributed by atoms with van der Waals surface area (Å²) in [6, 6.07) is 37.9. The summed E-state index contributed by atoms with van der Waals surface area (Å²) in [4.78, 5) is 77.4. The first-order chi connectivity index (χ1) is 36.4. The standard InChI is InChI=1S/C63H68O12/c1-6-8-10-12-14-16-54(64)48-23-19-44(20-24-48)46-27-33-52(34-28-46)72-62(68)50-31-37-56(58(41-50)70-4)74-60(66)39-18-43(3)40-61(67)75-57-38-32-51(42-59(57)71-5)63(69)73-53-35-29-47(30-36-53)45-21-25-49(26-22-45)55(65)17-15-13-11-9-7-2/h19-38,41-43H,6-18,39-40H2,1-5H3/t43-/m1/s1. The Morgan fingerprint density at radius 3 is 1.13 bits per heavy atom. The third-order valence-corrected chi connectivity index (χ3v) is 12.8. The maximum absolute atomic E-state index is 13.1. The fourth-order valence-electron chi connectivity index (χ4n) is 8.37. The molecule has 0 aliphatic carbocycles. The van der Waals surface area contributed by atoms with Crippen molar-refractivity contribution in [1.29, 1.82) is 0 Å². The van der Waals surface area contributed by atoms with Gasteiger partial charge in [-0.1, -0.05) is 145 Å². The van der Waals surface area contributed by atoms with Crippen molar-refractivity contribution in [3.8, 4) is 56.8 Å². The van der Waals surface area contributed by atoms with Crippen molar-refractivity contribution in [2.24, 2.45) is 5.92 Å². The van der Waals surface area contributed by atoms with Gasteiger partial charge in [-0.25, -0.2) is 9.59 Å². The van der Waals surface area contributed by atoms with Crippen LogP contribution in [0.4, 0.5) is 0 Å². The van der Waals surface area contributed by atoms with E-state index in [4.69, 9.17) is 28.4 Å². The number of rotatable bonds is 29. The Balaban J connectivity index is 0.920. The van der Waals surface area contributed by atoms with E-state index in [0.29, 0.717) is 41.9 Å². The Morgan fingerprint density at radius 2 is 0.747 bits per heavy atom. The number of hydrogen-bond donors (Lipinski definition) is 0. The van der Waals surface area contributed by atoms with Gasteiger partial charge in [0.2, 0.25) is 0 Å². The molecule has 0 heterocycles. The van der Waals surface area contributed by atoms with Crippen molar-refractivity contribution >= 4 is 35.4 Å². The highest BCUT2D eigenvalue weighted by Crippen LogP contribution is 2.32. The monoisotopic (exact) mass is 1020 g/mol. The van der Waals surface area contributed by atoms with Crippen molar-refractivity contribution in [3.05, 3.63) is 156 Å². The van der Waals surface area contributed by atoms with Gasteiger partial charge in [0.25, 0.3) is 0 Å². The summed E-state index contributed by atoms with van der Waals surface area (Å²) in [5, 5.41) is 0. The van der Waals surface area contributed by atoms with Gasteiger partial charge >= 0.3 is 23.9 Å². The quantitative estimate of drug-likeness (QED) is 0.0190. The van der Waals surface area contributed by atoms with Gasteiger partial charge in [0.1, 0.15) is 11.5 Å². The molecule has 12 nitrogen and oxygen atoms in total. The summed E-state index contributed by atoms with van der Waals surface area (Å²) < 4.78 is 33.3. The van der Waals surface area contributed by atoms with Gasteiger partial charge in [0.15, 0.2) is 34.6 Å². The van der Waals surface area contributed by atoms with E-state index >= 15 is 0 Å². The molecule has 0 N–H and O–H groups in total. The van der Waals surface area contributed by atoms with Crippen LogP contribution in [0.1, 0.15) is 159 Å². The van der Waals surface area contributed by atoms with Gasteiger partial charge in [-0.15, -0.1) is 0 Å². The van der Waals surface area contributed by atoms with Crippen LogP contribution in [0, 0.1) is 5.92 Å². The zero-order valence-corrected chi connectivity index (χ0v) is 43.8. The van der Waals surface area contributed by atoms with Crippen molar-refractivity contribution in [3.63, 3.8) is 0 Å². The number of carbonyl (C=O) groups is 6. The average molecular weight is 1020 g/mol. The van der Waals surface area contributed by atoms with Crippen molar-refractivity contribution in [2.45, 2.75) is 117 Å². The number of methoxy groups -OCH3 is 2. The molecule has 75 heavy (non-hydrogen) atoms. The molecule has 0 aromatic heterocycles. The highest BCUT2D eigenvalue weighted by Gasteiger charge is 2.21. The summed E-state index contributed by atoms with van der Waals surface area (Å²) >= 11 is 0. The normalized spacial score (nSPS) is 11.3. The first kappa shape index (κ1) is 56.4. The topological polar surface area (TPSA) is 158 Å². The summed E-state index contributed by atoms with van der Waals surface area (Å²) in [6.07, 6.45) is 12.4. The third-order valence-electron chi connectivity index (χ3n) is 12.8. The van der Waals surface area contributed by atoms with E-state index in [1.807, 2.05) is 72.8 Å². The van der Waals surface area contributed by atoms with Crippen LogP contribution >= 0.6 is 0 Å². The second kappa shape index (κ2) is 29.1. The summed E-state index contributed by atoms with van der Waals surface area (Å²) in [6.45, 7) is 6.15. The molecule has 0 unspecified atom stereocenters. The summed E-state index contributed by atoms with van der Waals surface area (Å²) in [5.41, 5.74) is 5.42. The van der Waals surface area contributed by atoms with Gasteiger partial charge < -0.3 is 28.4 Å². The molecule has 1 atom stereocenters. The smallest absolute Gasteiger partial charge is 0.343 e. The Hall–Kier alpha value is -7.86. The lowest BCUT2D eigenvalue weighted by Gasteiger charge is -2.14. The van der Waals surface area contributed by atoms with Crippen LogP contribution in [-0.4, -0.2) is 49.7 Å². The molecule has 0 fully saturated rings. The molecule has 0 radical (unpaired) electrons. The predicted octanol–water partition coefficient (Wildman–Crippen LogP) is 14.9. The number of benzene rings is 6. The zero-order valence-electron chi connectivity index (χ0n) is 43.8. The molecule has 0 bridgehead atoms. The zero-order chi connectivity index (χ0) is 53.5. The van der Waals surface area contributed by atoms with E-state index in [2.05, 4.69) is 13.8 Å². The number of Topliss-reactive ketones (excluding diaryl/α,β-unsaturated/α-hetero) is 2. The summed E-state index contributed by atoms with van der Waals surface area (Å²) in [5.74, 6) is -1.17. The van der Waals surface area contributed by atoms with Crippen LogP contribution in [0.15, 0.2) is 133 Å². The number of carbonyl (C=O) groups excluding carboxylic acids is 6.